The summed E-state index contributed by atoms with van der Waals surface area (Å²) in [7, 11) is 1.37. The predicted octanol–water partition coefficient (Wildman–Crippen LogP) is 4.90. The molecule has 0 radical (unpaired) electrons. The van der Waals surface area contributed by atoms with Gasteiger partial charge < -0.3 is 10.1 Å². The Morgan fingerprint density at radius 1 is 0.674 bits per heavy atom. The van der Waals surface area contributed by atoms with Crippen molar-refractivity contribution >= 4 is 5.97 Å². The first-order chi connectivity index (χ1) is 22.3. The number of methoxy groups -OCH3 is 1. The van der Waals surface area contributed by atoms with Crippen LogP contribution in [0.2, 0.25) is 0 Å². The third-order valence-corrected chi connectivity index (χ3v) is 7.80. The topological polar surface area (TPSA) is 70.6 Å². The zero-order chi connectivity index (χ0) is 32.3. The molecule has 0 bridgehead atoms. The molecule has 1 aliphatic heterocycles. The van der Waals surface area contributed by atoms with Gasteiger partial charge in [0.2, 0.25) is 0 Å². The number of nitrogens with one attached hydrogen (secondary N) is 1. The van der Waals surface area contributed by atoms with Gasteiger partial charge in [-0.25, -0.2) is 9.78 Å². The number of carbonyl (C=O) groups excluding carboxylic acids is 1. The summed E-state index contributed by atoms with van der Waals surface area (Å²) >= 11 is 0. The minimum atomic E-state index is -0.467. The van der Waals surface area contributed by atoms with Crippen LogP contribution in [0, 0.1) is 44.5 Å². The fraction of sp³-hybridized carbons (Fsp3) is 0.308. The zero-order valence-electron chi connectivity index (χ0n) is 27.2. The largest absolute Gasteiger partial charge is 0.464 e. The molecule has 1 N–H and O–H groups in total. The Morgan fingerprint density at radius 3 is 1.67 bits per heavy atom. The molecule has 0 unspecified atom stereocenters. The summed E-state index contributed by atoms with van der Waals surface area (Å²) in [6, 6.07) is 24.2. The van der Waals surface area contributed by atoms with Crippen LogP contribution in [0.3, 0.4) is 0 Å². The molecule has 7 heteroatoms. The minimum absolute atomic E-state index is 0.268. The Kier molecular flexibility index (Phi) is 11.3. The summed E-state index contributed by atoms with van der Waals surface area (Å²) in [5.74, 6) is 12.6. The molecule has 7 nitrogen and oxygen atoms in total. The number of rotatable bonds is 5. The Balaban J connectivity index is 1.28. The third-order valence-electron chi connectivity index (χ3n) is 7.80. The van der Waals surface area contributed by atoms with Gasteiger partial charge in [-0.1, -0.05) is 59.1 Å². The average Bonchev–Trinajstić information content (AvgIpc) is 3.16. The Hall–Kier alpha value is -4.79. The van der Waals surface area contributed by atoms with E-state index in [1.807, 2.05) is 43.3 Å². The molecule has 2 aromatic carbocycles. The van der Waals surface area contributed by atoms with Crippen LogP contribution in [0.25, 0.3) is 0 Å². The molecule has 0 saturated carbocycles. The number of hydrogen-bond acceptors (Lipinski definition) is 7. The van der Waals surface area contributed by atoms with Gasteiger partial charge in [0.1, 0.15) is 5.69 Å². The lowest BCUT2D eigenvalue weighted by molar-refractivity contribution is 0.0593. The molecule has 2 aromatic heterocycles. The lowest BCUT2D eigenvalue weighted by Gasteiger charge is -2.25. The van der Waals surface area contributed by atoms with E-state index in [2.05, 4.69) is 88.0 Å². The number of hydrogen-bond donors (Lipinski definition) is 1. The number of nitrogens with zero attached hydrogens (tertiary/aromatic N) is 4. The Bertz CT molecular complexity index is 1780. The summed E-state index contributed by atoms with van der Waals surface area (Å²) in [6.45, 7) is 12.8. The number of ether oxygens (including phenoxy) is 1. The molecule has 0 aliphatic carbocycles. The molecular weight excluding hydrogens is 570 g/mol. The molecule has 4 aromatic rings. The Morgan fingerprint density at radius 2 is 1.15 bits per heavy atom. The van der Waals surface area contributed by atoms with Gasteiger partial charge in [-0.15, -0.1) is 0 Å². The van der Waals surface area contributed by atoms with Crippen molar-refractivity contribution in [2.75, 3.05) is 46.4 Å². The molecule has 234 valence electrons. The second kappa shape index (κ2) is 16.0. The van der Waals surface area contributed by atoms with E-state index < -0.39 is 5.97 Å². The van der Waals surface area contributed by atoms with Crippen molar-refractivity contribution in [3.05, 3.63) is 129 Å². The van der Waals surface area contributed by atoms with Crippen molar-refractivity contribution in [1.82, 2.24) is 25.1 Å². The highest BCUT2D eigenvalue weighted by Crippen LogP contribution is 2.13. The molecule has 1 saturated heterocycles. The van der Waals surface area contributed by atoms with Crippen molar-refractivity contribution < 1.29 is 9.53 Å². The number of benzene rings is 2. The average molecular weight is 612 g/mol. The van der Waals surface area contributed by atoms with Gasteiger partial charge in [0, 0.05) is 80.3 Å². The van der Waals surface area contributed by atoms with Crippen molar-refractivity contribution in [3.8, 4) is 23.7 Å². The van der Waals surface area contributed by atoms with E-state index in [0.29, 0.717) is 6.54 Å². The van der Waals surface area contributed by atoms with E-state index in [1.165, 1.54) is 18.2 Å². The van der Waals surface area contributed by atoms with Gasteiger partial charge in [-0.2, -0.15) is 0 Å². The van der Waals surface area contributed by atoms with E-state index in [-0.39, 0.29) is 5.69 Å². The second-order valence-corrected chi connectivity index (χ2v) is 11.7. The fourth-order valence-corrected chi connectivity index (χ4v) is 5.28. The van der Waals surface area contributed by atoms with Crippen LogP contribution in [0.1, 0.15) is 61.0 Å². The zero-order valence-corrected chi connectivity index (χ0v) is 27.2. The summed E-state index contributed by atoms with van der Waals surface area (Å²) in [5, 5.41) is 3.57. The first kappa shape index (κ1) is 32.6. The highest BCUT2D eigenvalue weighted by atomic mass is 16.5. The van der Waals surface area contributed by atoms with Crippen LogP contribution >= 0.6 is 0 Å². The van der Waals surface area contributed by atoms with Crippen LogP contribution in [0.15, 0.2) is 72.8 Å². The molecule has 1 aliphatic rings. The standard InChI is InChI=1S/C39H41N5O2/c1-29-5-9-32(10-6-29)13-15-34-23-31(3)41-36(24-34)27-43-19-17-40-18-20-44(22-21-43)28-37-25-35(26-38(42-37)39(45)46-4)16-14-33-11-7-30(2)8-12-33/h5-12,23-26,40H,17-22,27-28H2,1-4H3. The van der Waals surface area contributed by atoms with Gasteiger partial charge in [0.25, 0.3) is 0 Å². The smallest absolute Gasteiger partial charge is 0.356 e. The fourth-order valence-electron chi connectivity index (χ4n) is 5.28. The summed E-state index contributed by atoms with van der Waals surface area (Å²) in [4.78, 5) is 26.8. The number of aryl methyl sites for hydroxylation is 3. The highest BCUT2D eigenvalue weighted by molar-refractivity contribution is 5.87. The predicted molar refractivity (Wildman–Crippen MR) is 182 cm³/mol. The number of pyridine rings is 2. The van der Waals surface area contributed by atoms with Gasteiger partial charge >= 0.3 is 5.97 Å². The highest BCUT2D eigenvalue weighted by Gasteiger charge is 2.16. The molecule has 0 amide bonds. The monoisotopic (exact) mass is 611 g/mol. The minimum Gasteiger partial charge on any atom is -0.464 e. The third kappa shape index (κ3) is 9.86. The van der Waals surface area contributed by atoms with Gasteiger partial charge in [0.15, 0.2) is 0 Å². The lowest BCUT2D eigenvalue weighted by Crippen LogP contribution is -2.36. The first-order valence-corrected chi connectivity index (χ1v) is 15.7. The number of esters is 1. The summed E-state index contributed by atoms with van der Waals surface area (Å²) in [6.07, 6.45) is 0. The maximum absolute atomic E-state index is 12.5. The molecule has 1 fully saturated rings. The maximum atomic E-state index is 12.5. The van der Waals surface area contributed by atoms with Gasteiger partial charge in [-0.05, 0) is 69.3 Å². The van der Waals surface area contributed by atoms with Crippen LogP contribution in [0.4, 0.5) is 0 Å². The van der Waals surface area contributed by atoms with Crippen LogP contribution in [-0.2, 0) is 17.8 Å². The maximum Gasteiger partial charge on any atom is 0.356 e. The summed E-state index contributed by atoms with van der Waals surface area (Å²) in [5.41, 5.74) is 9.09. The van der Waals surface area contributed by atoms with Gasteiger partial charge in [-0.3, -0.25) is 14.8 Å². The lowest BCUT2D eigenvalue weighted by atomic mass is 10.1. The van der Waals surface area contributed by atoms with Crippen LogP contribution < -0.4 is 5.32 Å². The van der Waals surface area contributed by atoms with E-state index in [1.54, 1.807) is 6.07 Å². The van der Waals surface area contributed by atoms with Crippen molar-refractivity contribution in [1.29, 1.82) is 0 Å². The van der Waals surface area contributed by atoms with Crippen molar-refractivity contribution in [2.24, 2.45) is 0 Å². The van der Waals surface area contributed by atoms with E-state index >= 15 is 0 Å². The number of carbonyl (C=O) groups is 1. The molecular formula is C39H41N5O2. The first-order valence-electron chi connectivity index (χ1n) is 15.7. The van der Waals surface area contributed by atoms with Crippen molar-refractivity contribution in [3.63, 3.8) is 0 Å². The van der Waals surface area contributed by atoms with Gasteiger partial charge in [0.05, 0.1) is 18.5 Å². The SMILES string of the molecule is COC(=O)c1cc(C#Cc2ccc(C)cc2)cc(CN2CCNCCN(Cc3cc(C#Cc4ccc(C)cc4)cc(C)n3)CC2)n1. The van der Waals surface area contributed by atoms with Crippen LogP contribution in [-0.4, -0.2) is 72.1 Å². The molecule has 0 spiro atoms. The molecule has 0 atom stereocenters. The van der Waals surface area contributed by atoms with Crippen molar-refractivity contribution in [2.45, 2.75) is 33.9 Å². The second-order valence-electron chi connectivity index (χ2n) is 11.7. The molecule has 5 rings (SSSR count). The number of aromatic nitrogens is 2. The Labute approximate surface area is 273 Å². The van der Waals surface area contributed by atoms with Crippen LogP contribution in [0.5, 0.6) is 0 Å². The normalized spacial score (nSPS) is 14.1. The van der Waals surface area contributed by atoms with E-state index in [0.717, 1.165) is 85.1 Å². The molecule has 46 heavy (non-hydrogen) atoms. The summed E-state index contributed by atoms with van der Waals surface area (Å²) < 4.78 is 5.00. The molecule has 3 heterocycles. The van der Waals surface area contributed by atoms with E-state index in [4.69, 9.17) is 9.72 Å². The van der Waals surface area contributed by atoms with E-state index in [9.17, 15) is 4.79 Å². The quantitative estimate of drug-likeness (QED) is 0.255.